The molecule has 0 atom stereocenters. The molecule has 2 heteroatoms. The standard InChI is InChI=1S/C13H15NO/c14-13(15)12-9-5-4-8-11(12)10-6-2-1-3-7-10/h4-6,8-9H,1-3,7H2,(H2,14,15). The van der Waals surface area contributed by atoms with Gasteiger partial charge in [-0.25, -0.2) is 0 Å². The summed E-state index contributed by atoms with van der Waals surface area (Å²) < 4.78 is 0. The second-order valence-corrected chi connectivity index (χ2v) is 3.88. The number of carbonyl (C=O) groups is 1. The van der Waals surface area contributed by atoms with Gasteiger partial charge in [-0.15, -0.1) is 0 Å². The van der Waals surface area contributed by atoms with Gasteiger partial charge < -0.3 is 5.73 Å². The zero-order chi connectivity index (χ0) is 10.7. The Labute approximate surface area is 89.8 Å². The van der Waals surface area contributed by atoms with Gasteiger partial charge in [0.15, 0.2) is 0 Å². The third-order valence-electron chi connectivity index (χ3n) is 2.83. The van der Waals surface area contributed by atoms with Crippen molar-refractivity contribution < 1.29 is 4.79 Å². The zero-order valence-corrected chi connectivity index (χ0v) is 8.70. The van der Waals surface area contributed by atoms with Crippen LogP contribution in [0.5, 0.6) is 0 Å². The first-order chi connectivity index (χ1) is 7.29. The van der Waals surface area contributed by atoms with Gasteiger partial charge in [0, 0.05) is 5.56 Å². The summed E-state index contributed by atoms with van der Waals surface area (Å²) in [5.74, 6) is -0.336. The lowest BCUT2D eigenvalue weighted by atomic mass is 9.90. The average molecular weight is 201 g/mol. The van der Waals surface area contributed by atoms with E-state index >= 15 is 0 Å². The summed E-state index contributed by atoms with van der Waals surface area (Å²) in [6.45, 7) is 0. The van der Waals surface area contributed by atoms with Gasteiger partial charge in [0.25, 0.3) is 0 Å². The minimum atomic E-state index is -0.336. The van der Waals surface area contributed by atoms with Crippen molar-refractivity contribution in [3.05, 3.63) is 41.5 Å². The van der Waals surface area contributed by atoms with E-state index in [9.17, 15) is 4.79 Å². The smallest absolute Gasteiger partial charge is 0.249 e. The lowest BCUT2D eigenvalue weighted by Crippen LogP contribution is -2.13. The van der Waals surface area contributed by atoms with Gasteiger partial charge in [-0.1, -0.05) is 24.3 Å². The molecule has 0 aromatic heterocycles. The maximum atomic E-state index is 11.3. The van der Waals surface area contributed by atoms with Crippen molar-refractivity contribution in [1.82, 2.24) is 0 Å². The first-order valence-electron chi connectivity index (χ1n) is 5.37. The number of hydrogen-bond donors (Lipinski definition) is 1. The van der Waals surface area contributed by atoms with E-state index in [0.717, 1.165) is 18.4 Å². The van der Waals surface area contributed by atoms with Crippen LogP contribution in [0.15, 0.2) is 30.3 Å². The van der Waals surface area contributed by atoms with E-state index < -0.39 is 0 Å². The molecule has 0 aliphatic heterocycles. The lowest BCUT2D eigenvalue weighted by molar-refractivity contribution is 0.1000. The molecular weight excluding hydrogens is 186 g/mol. The first-order valence-corrected chi connectivity index (χ1v) is 5.37. The molecule has 1 aromatic carbocycles. The molecule has 0 heterocycles. The Kier molecular flexibility index (Phi) is 2.86. The van der Waals surface area contributed by atoms with Gasteiger partial charge in [0.2, 0.25) is 5.91 Å². The van der Waals surface area contributed by atoms with E-state index in [4.69, 9.17) is 5.73 Å². The average Bonchev–Trinajstić information content (AvgIpc) is 2.30. The number of nitrogens with two attached hydrogens (primary N) is 1. The predicted octanol–water partition coefficient (Wildman–Crippen LogP) is 2.74. The number of carbonyl (C=O) groups excluding carboxylic acids is 1. The van der Waals surface area contributed by atoms with Crippen molar-refractivity contribution in [3.8, 4) is 0 Å². The summed E-state index contributed by atoms with van der Waals surface area (Å²) in [6.07, 6.45) is 6.86. The molecule has 0 spiro atoms. The van der Waals surface area contributed by atoms with Crippen molar-refractivity contribution in [2.24, 2.45) is 5.73 Å². The largest absolute Gasteiger partial charge is 0.366 e. The summed E-state index contributed by atoms with van der Waals surface area (Å²) in [7, 11) is 0. The maximum Gasteiger partial charge on any atom is 0.249 e. The molecule has 0 bridgehead atoms. The van der Waals surface area contributed by atoms with Crippen LogP contribution >= 0.6 is 0 Å². The van der Waals surface area contributed by atoms with Crippen molar-refractivity contribution in [1.29, 1.82) is 0 Å². The molecule has 2 rings (SSSR count). The summed E-state index contributed by atoms with van der Waals surface area (Å²) >= 11 is 0. The number of primary amides is 1. The lowest BCUT2D eigenvalue weighted by Gasteiger charge is -2.14. The molecule has 0 radical (unpaired) electrons. The molecule has 1 aliphatic carbocycles. The fraction of sp³-hybridized carbons (Fsp3) is 0.308. The van der Waals surface area contributed by atoms with E-state index in [1.807, 2.05) is 18.2 Å². The van der Waals surface area contributed by atoms with Crippen LogP contribution in [-0.2, 0) is 0 Å². The molecule has 0 unspecified atom stereocenters. The molecular formula is C13H15NO. The second-order valence-electron chi connectivity index (χ2n) is 3.88. The Hall–Kier alpha value is -1.57. The fourth-order valence-electron chi connectivity index (χ4n) is 2.06. The van der Waals surface area contributed by atoms with E-state index in [0.29, 0.717) is 5.56 Å². The van der Waals surface area contributed by atoms with Crippen LogP contribution in [0.2, 0.25) is 0 Å². The van der Waals surface area contributed by atoms with Gasteiger partial charge in [0.05, 0.1) is 0 Å². The number of allylic oxidation sites excluding steroid dienone is 2. The van der Waals surface area contributed by atoms with Crippen LogP contribution in [0.4, 0.5) is 0 Å². The molecule has 2 nitrogen and oxygen atoms in total. The first kappa shape index (κ1) is 9.97. The van der Waals surface area contributed by atoms with Gasteiger partial charge in [-0.3, -0.25) is 4.79 Å². The van der Waals surface area contributed by atoms with E-state index in [2.05, 4.69) is 6.08 Å². The Morgan fingerprint density at radius 1 is 1.20 bits per heavy atom. The van der Waals surface area contributed by atoms with Crippen LogP contribution < -0.4 is 5.73 Å². The molecule has 0 saturated heterocycles. The van der Waals surface area contributed by atoms with Crippen LogP contribution in [0.3, 0.4) is 0 Å². The normalized spacial score (nSPS) is 15.9. The molecule has 1 aromatic rings. The van der Waals surface area contributed by atoms with E-state index in [1.165, 1.54) is 18.4 Å². The van der Waals surface area contributed by atoms with E-state index in [1.54, 1.807) is 6.07 Å². The van der Waals surface area contributed by atoms with Gasteiger partial charge in [-0.05, 0) is 42.9 Å². The Morgan fingerprint density at radius 2 is 2.00 bits per heavy atom. The molecule has 1 amide bonds. The second kappa shape index (κ2) is 4.30. The topological polar surface area (TPSA) is 43.1 Å². The molecule has 1 aliphatic rings. The molecule has 78 valence electrons. The highest BCUT2D eigenvalue weighted by Gasteiger charge is 2.12. The van der Waals surface area contributed by atoms with Gasteiger partial charge in [-0.2, -0.15) is 0 Å². The summed E-state index contributed by atoms with van der Waals surface area (Å²) in [6, 6.07) is 7.59. The highest BCUT2D eigenvalue weighted by Crippen LogP contribution is 2.28. The summed E-state index contributed by atoms with van der Waals surface area (Å²) in [5.41, 5.74) is 8.29. The van der Waals surface area contributed by atoms with E-state index in [-0.39, 0.29) is 5.91 Å². The molecule has 0 saturated carbocycles. The quantitative estimate of drug-likeness (QED) is 0.785. The third-order valence-corrected chi connectivity index (χ3v) is 2.83. The van der Waals surface area contributed by atoms with Crippen molar-refractivity contribution in [2.75, 3.05) is 0 Å². The van der Waals surface area contributed by atoms with Crippen molar-refractivity contribution in [3.63, 3.8) is 0 Å². The van der Waals surface area contributed by atoms with Crippen LogP contribution in [0.25, 0.3) is 5.57 Å². The van der Waals surface area contributed by atoms with Gasteiger partial charge >= 0.3 is 0 Å². The van der Waals surface area contributed by atoms with Crippen LogP contribution in [-0.4, -0.2) is 5.91 Å². The SMILES string of the molecule is NC(=O)c1ccccc1C1=CCCCC1. The predicted molar refractivity (Wildman–Crippen MR) is 61.4 cm³/mol. The highest BCUT2D eigenvalue weighted by molar-refractivity contribution is 5.98. The minimum Gasteiger partial charge on any atom is -0.366 e. The Balaban J connectivity index is 2.42. The molecule has 0 fully saturated rings. The summed E-state index contributed by atoms with van der Waals surface area (Å²) in [4.78, 5) is 11.3. The van der Waals surface area contributed by atoms with Gasteiger partial charge in [0.1, 0.15) is 0 Å². The fourth-order valence-corrected chi connectivity index (χ4v) is 2.06. The van der Waals surface area contributed by atoms with Crippen molar-refractivity contribution >= 4 is 11.5 Å². The highest BCUT2D eigenvalue weighted by atomic mass is 16.1. The zero-order valence-electron chi connectivity index (χ0n) is 8.70. The number of rotatable bonds is 2. The minimum absolute atomic E-state index is 0.336. The maximum absolute atomic E-state index is 11.3. The Morgan fingerprint density at radius 3 is 2.67 bits per heavy atom. The van der Waals surface area contributed by atoms with Crippen molar-refractivity contribution in [2.45, 2.75) is 25.7 Å². The number of benzene rings is 1. The third kappa shape index (κ3) is 2.09. The summed E-state index contributed by atoms with van der Waals surface area (Å²) in [5, 5.41) is 0. The van der Waals surface area contributed by atoms with Crippen LogP contribution in [0.1, 0.15) is 41.6 Å². The monoisotopic (exact) mass is 201 g/mol. The number of hydrogen-bond acceptors (Lipinski definition) is 1. The molecule has 2 N–H and O–H groups in total. The van der Waals surface area contributed by atoms with Crippen LogP contribution in [0, 0.1) is 0 Å². The number of amides is 1. The molecule has 15 heavy (non-hydrogen) atoms. The Bertz CT molecular complexity index is 407.